The summed E-state index contributed by atoms with van der Waals surface area (Å²) < 4.78 is 11.5. The molecule has 1 aliphatic heterocycles. The van der Waals surface area contributed by atoms with Crippen molar-refractivity contribution in [3.8, 4) is 22.7 Å². The number of nitrogens with zero attached hydrogens (tertiary/aromatic N) is 4. The van der Waals surface area contributed by atoms with E-state index in [0.29, 0.717) is 30.1 Å². The Morgan fingerprint density at radius 3 is 2.89 bits per heavy atom. The lowest BCUT2D eigenvalue weighted by molar-refractivity contribution is 0.174. The van der Waals surface area contributed by atoms with Crippen molar-refractivity contribution in [1.29, 1.82) is 0 Å². The molecule has 1 atom stereocenters. The molecule has 1 aliphatic rings. The lowest BCUT2D eigenvalue weighted by Gasteiger charge is -2.32. The summed E-state index contributed by atoms with van der Waals surface area (Å²) in [4.78, 5) is 3.87. The molecule has 0 radical (unpaired) electrons. The lowest BCUT2D eigenvalue weighted by Crippen LogP contribution is -2.32. The molecule has 142 valence electrons. The molecule has 4 aromatic rings. The Morgan fingerprint density at radius 1 is 1.18 bits per heavy atom. The Labute approximate surface area is 166 Å². The zero-order valence-electron chi connectivity index (χ0n) is 15.8. The second-order valence-electron chi connectivity index (χ2n) is 7.02. The molecule has 1 aromatic carbocycles. The zero-order chi connectivity index (χ0) is 19.1. The lowest BCUT2D eigenvalue weighted by atomic mass is 10.0. The number of rotatable bonds is 4. The Hall–Kier alpha value is -2.77. The Bertz CT molecular complexity index is 1100. The summed E-state index contributed by atoms with van der Waals surface area (Å²) in [7, 11) is 0. The van der Waals surface area contributed by atoms with Crippen LogP contribution < -0.4 is 0 Å². The largest absolute Gasteiger partial charge is 0.419 e. The van der Waals surface area contributed by atoms with E-state index in [0.717, 1.165) is 29.8 Å². The van der Waals surface area contributed by atoms with Gasteiger partial charge in [0.05, 0.1) is 6.54 Å². The molecule has 5 rings (SSSR count). The van der Waals surface area contributed by atoms with Gasteiger partial charge in [0.15, 0.2) is 0 Å². The van der Waals surface area contributed by atoms with Gasteiger partial charge in [0.25, 0.3) is 5.89 Å². The van der Waals surface area contributed by atoms with Crippen LogP contribution in [0.25, 0.3) is 22.7 Å². The first-order chi connectivity index (χ1) is 13.7. The Kier molecular flexibility index (Phi) is 4.33. The molecule has 7 heteroatoms. The van der Waals surface area contributed by atoms with Crippen molar-refractivity contribution in [3.63, 3.8) is 0 Å². The maximum atomic E-state index is 6.03. The van der Waals surface area contributed by atoms with Gasteiger partial charge >= 0.3 is 0 Å². The average molecular weight is 392 g/mol. The van der Waals surface area contributed by atoms with Crippen molar-refractivity contribution in [2.24, 2.45) is 0 Å². The van der Waals surface area contributed by atoms with Crippen LogP contribution in [0.4, 0.5) is 0 Å². The van der Waals surface area contributed by atoms with Crippen molar-refractivity contribution in [3.05, 3.63) is 63.9 Å². The topological polar surface area (TPSA) is 68.2 Å². The number of hydrogen-bond donors (Lipinski definition) is 0. The van der Waals surface area contributed by atoms with Gasteiger partial charge in [-0.3, -0.25) is 4.90 Å². The van der Waals surface area contributed by atoms with E-state index in [2.05, 4.69) is 38.6 Å². The van der Waals surface area contributed by atoms with Crippen molar-refractivity contribution in [2.75, 3.05) is 6.54 Å². The summed E-state index contributed by atoms with van der Waals surface area (Å²) in [6.45, 7) is 5.73. The molecular formula is C21H20N4O2S. The normalized spacial score (nSPS) is 17.0. The average Bonchev–Trinajstić information content (AvgIpc) is 3.44. The molecular weight excluding hydrogens is 372 g/mol. The minimum atomic E-state index is 0.350. The quantitative estimate of drug-likeness (QED) is 0.493. The number of benzene rings is 1. The molecule has 0 amide bonds. The number of fused-ring (bicyclic) bond motifs is 1. The van der Waals surface area contributed by atoms with Crippen LogP contribution in [0.1, 0.15) is 35.1 Å². The van der Waals surface area contributed by atoms with E-state index in [1.54, 1.807) is 0 Å². The number of thiophene rings is 1. The predicted octanol–water partition coefficient (Wildman–Crippen LogP) is 4.88. The first-order valence-corrected chi connectivity index (χ1v) is 10.2. The third-order valence-corrected chi connectivity index (χ3v) is 6.33. The summed E-state index contributed by atoms with van der Waals surface area (Å²) in [6.07, 6.45) is 1.07. The van der Waals surface area contributed by atoms with E-state index in [4.69, 9.17) is 8.94 Å². The highest BCUT2D eigenvalue weighted by Gasteiger charge is 2.27. The van der Waals surface area contributed by atoms with Crippen molar-refractivity contribution < 1.29 is 8.94 Å². The summed E-state index contributed by atoms with van der Waals surface area (Å²) >= 11 is 1.85. The summed E-state index contributed by atoms with van der Waals surface area (Å²) in [5.74, 6) is 1.73. The van der Waals surface area contributed by atoms with Crippen LogP contribution in [-0.2, 0) is 13.0 Å². The first kappa shape index (κ1) is 17.3. The number of aromatic nitrogens is 3. The van der Waals surface area contributed by atoms with E-state index in [1.165, 1.54) is 10.4 Å². The minimum Gasteiger partial charge on any atom is -0.419 e. The van der Waals surface area contributed by atoms with Crippen LogP contribution in [0.2, 0.25) is 0 Å². The third-order valence-electron chi connectivity index (χ3n) is 5.33. The number of aryl methyl sites for hydroxylation is 1. The van der Waals surface area contributed by atoms with Gasteiger partial charge in [0, 0.05) is 23.0 Å². The number of hydrogen-bond acceptors (Lipinski definition) is 7. The zero-order valence-corrected chi connectivity index (χ0v) is 16.6. The smallest absolute Gasteiger partial charge is 0.253 e. The molecule has 3 aromatic heterocycles. The van der Waals surface area contributed by atoms with Crippen LogP contribution in [0, 0.1) is 6.92 Å². The van der Waals surface area contributed by atoms with Crippen molar-refractivity contribution in [1.82, 2.24) is 20.3 Å². The molecule has 0 saturated carbocycles. The van der Waals surface area contributed by atoms with Crippen LogP contribution in [-0.4, -0.2) is 26.8 Å². The fourth-order valence-electron chi connectivity index (χ4n) is 3.79. The van der Waals surface area contributed by atoms with Gasteiger partial charge in [-0.05, 0) is 37.3 Å². The van der Waals surface area contributed by atoms with Gasteiger partial charge in [0.2, 0.25) is 5.89 Å². The predicted molar refractivity (Wildman–Crippen MR) is 107 cm³/mol. The molecule has 0 spiro atoms. The van der Waals surface area contributed by atoms with Gasteiger partial charge in [-0.15, -0.1) is 21.5 Å². The van der Waals surface area contributed by atoms with Crippen molar-refractivity contribution in [2.45, 2.75) is 32.9 Å². The fraction of sp³-hybridized carbons (Fsp3) is 0.286. The highest BCUT2D eigenvalue weighted by atomic mass is 32.1. The van der Waals surface area contributed by atoms with Crippen LogP contribution >= 0.6 is 11.3 Å². The van der Waals surface area contributed by atoms with E-state index in [1.807, 2.05) is 48.6 Å². The SMILES string of the molecule is Cc1onc(-c2ccccc2)c1-c1nnc(CN2CCc3sccc3[C@H]2C)o1. The molecule has 0 aliphatic carbocycles. The second-order valence-corrected chi connectivity index (χ2v) is 8.03. The molecule has 0 saturated heterocycles. The molecule has 0 fully saturated rings. The Morgan fingerprint density at radius 2 is 2.04 bits per heavy atom. The van der Waals surface area contributed by atoms with Gasteiger partial charge in [0.1, 0.15) is 17.0 Å². The molecule has 0 bridgehead atoms. The first-order valence-electron chi connectivity index (χ1n) is 9.35. The summed E-state index contributed by atoms with van der Waals surface area (Å²) in [5, 5.41) is 15.0. The van der Waals surface area contributed by atoms with Crippen LogP contribution in [0.5, 0.6) is 0 Å². The monoisotopic (exact) mass is 392 g/mol. The van der Waals surface area contributed by atoms with Gasteiger partial charge in [-0.1, -0.05) is 35.5 Å². The fourth-order valence-corrected chi connectivity index (χ4v) is 4.75. The third kappa shape index (κ3) is 2.96. The standard InChI is InChI=1S/C21H20N4O2S/c1-13-16-9-11-28-17(16)8-10-25(13)12-18-22-23-21(26-18)19-14(2)27-24-20(19)15-6-4-3-5-7-15/h3-7,9,11,13H,8,10,12H2,1-2H3/t13-/m1/s1. The van der Waals surface area contributed by atoms with E-state index < -0.39 is 0 Å². The minimum absolute atomic E-state index is 0.350. The van der Waals surface area contributed by atoms with Crippen LogP contribution in [0.15, 0.2) is 50.7 Å². The van der Waals surface area contributed by atoms with Gasteiger partial charge in [-0.25, -0.2) is 0 Å². The summed E-state index contributed by atoms with van der Waals surface area (Å²) in [5.41, 5.74) is 3.86. The summed E-state index contributed by atoms with van der Waals surface area (Å²) in [6, 6.07) is 12.5. The van der Waals surface area contributed by atoms with Gasteiger partial charge in [-0.2, -0.15) is 0 Å². The van der Waals surface area contributed by atoms with E-state index in [9.17, 15) is 0 Å². The van der Waals surface area contributed by atoms with Crippen LogP contribution in [0.3, 0.4) is 0 Å². The highest BCUT2D eigenvalue weighted by Crippen LogP contribution is 2.35. The van der Waals surface area contributed by atoms with E-state index in [-0.39, 0.29) is 0 Å². The second kappa shape index (κ2) is 7.00. The van der Waals surface area contributed by atoms with E-state index >= 15 is 0 Å². The maximum absolute atomic E-state index is 6.03. The molecule has 4 heterocycles. The highest BCUT2D eigenvalue weighted by molar-refractivity contribution is 7.10. The van der Waals surface area contributed by atoms with Gasteiger partial charge < -0.3 is 8.94 Å². The maximum Gasteiger partial charge on any atom is 0.253 e. The Balaban J connectivity index is 1.42. The molecule has 6 nitrogen and oxygen atoms in total. The molecule has 28 heavy (non-hydrogen) atoms. The molecule has 0 N–H and O–H groups in total. The van der Waals surface area contributed by atoms with Crippen molar-refractivity contribution >= 4 is 11.3 Å². The molecule has 0 unspecified atom stereocenters.